The van der Waals surface area contributed by atoms with E-state index in [0.29, 0.717) is 35.2 Å². The first-order valence-corrected chi connectivity index (χ1v) is 10.3. The Kier molecular flexibility index (Phi) is 6.11. The highest BCUT2D eigenvalue weighted by Gasteiger charge is 2.55. The molecule has 11 heteroatoms. The molecule has 2 atom stereocenters. The molecule has 2 unspecified atom stereocenters. The second-order valence-corrected chi connectivity index (χ2v) is 7.25. The van der Waals surface area contributed by atoms with E-state index in [-0.39, 0.29) is 6.54 Å². The highest BCUT2D eigenvalue weighted by Crippen LogP contribution is 2.33. The van der Waals surface area contributed by atoms with Gasteiger partial charge in [0.05, 0.1) is 26.5 Å². The number of nitrogens with one attached hydrogen (secondary N) is 1. The monoisotopic (exact) mass is 453 g/mol. The van der Waals surface area contributed by atoms with Crippen LogP contribution in [0.5, 0.6) is 17.2 Å². The van der Waals surface area contributed by atoms with Crippen LogP contribution in [0.25, 0.3) is 0 Å². The van der Waals surface area contributed by atoms with Crippen LogP contribution < -0.4 is 24.4 Å². The van der Waals surface area contributed by atoms with Gasteiger partial charge in [-0.3, -0.25) is 19.4 Å². The van der Waals surface area contributed by atoms with Gasteiger partial charge in [-0.05, 0) is 43.3 Å². The highest BCUT2D eigenvalue weighted by atomic mass is 16.5. The number of rotatable bonds is 8. The van der Waals surface area contributed by atoms with Crippen LogP contribution in [0.4, 0.5) is 11.4 Å². The molecule has 4 rings (SSSR count). The molecule has 1 N–H and O–H groups in total. The van der Waals surface area contributed by atoms with Gasteiger partial charge in [0, 0.05) is 11.8 Å². The van der Waals surface area contributed by atoms with Crippen molar-refractivity contribution in [1.29, 1.82) is 0 Å². The van der Waals surface area contributed by atoms with E-state index in [0.717, 1.165) is 4.90 Å². The molecule has 0 radical (unpaired) electrons. The number of carbonyl (C=O) groups excluding carboxylic acids is 3. The van der Waals surface area contributed by atoms with Crippen molar-refractivity contribution in [3.8, 4) is 17.2 Å². The molecule has 2 aromatic rings. The van der Waals surface area contributed by atoms with Crippen molar-refractivity contribution in [3.63, 3.8) is 0 Å². The fourth-order valence-corrected chi connectivity index (χ4v) is 3.73. The number of nitrogens with zero attached hydrogens (tertiary/aromatic N) is 4. The lowest BCUT2D eigenvalue weighted by Gasteiger charge is -2.20. The van der Waals surface area contributed by atoms with Gasteiger partial charge in [0.25, 0.3) is 11.8 Å². The van der Waals surface area contributed by atoms with E-state index in [1.54, 1.807) is 42.5 Å². The van der Waals surface area contributed by atoms with E-state index in [9.17, 15) is 14.4 Å². The third-order valence-electron chi connectivity index (χ3n) is 5.24. The Morgan fingerprint density at radius 2 is 1.76 bits per heavy atom. The Morgan fingerprint density at radius 1 is 1.03 bits per heavy atom. The molecule has 0 aromatic heterocycles. The van der Waals surface area contributed by atoms with Gasteiger partial charge in [-0.2, -0.15) is 5.11 Å². The summed E-state index contributed by atoms with van der Waals surface area (Å²) in [4.78, 5) is 39.6. The highest BCUT2D eigenvalue weighted by molar-refractivity contribution is 6.25. The van der Waals surface area contributed by atoms with Crippen LogP contribution in [0.1, 0.15) is 6.92 Å². The van der Waals surface area contributed by atoms with Crippen LogP contribution in [0.3, 0.4) is 0 Å². The molecule has 172 valence electrons. The normalized spacial score (nSPS) is 19.0. The Balaban J connectivity index is 1.45. The molecule has 0 bridgehead atoms. The number of carbonyl (C=O) groups is 3. The van der Waals surface area contributed by atoms with Gasteiger partial charge in [0.15, 0.2) is 23.6 Å². The van der Waals surface area contributed by atoms with Crippen molar-refractivity contribution in [2.45, 2.75) is 19.0 Å². The van der Waals surface area contributed by atoms with Crippen molar-refractivity contribution >= 4 is 29.1 Å². The lowest BCUT2D eigenvalue weighted by atomic mass is 10.1. The number of anilines is 2. The van der Waals surface area contributed by atoms with Crippen LogP contribution in [-0.2, 0) is 14.4 Å². The zero-order valence-electron chi connectivity index (χ0n) is 18.3. The maximum Gasteiger partial charge on any atom is 0.263 e. The zero-order chi connectivity index (χ0) is 23.5. The molecule has 2 aliphatic rings. The standard InChI is InChI=1S/C22H23N5O6/c1-4-33-15-8-6-14(7-9-15)27-21(29)19-20(22(27)30)26(25-24-19)12-18(28)23-13-5-10-16(31-2)17(11-13)32-3/h5-11,19-20H,4,12H2,1-3H3,(H,23,28). The number of benzene rings is 2. The van der Waals surface area contributed by atoms with E-state index in [1.807, 2.05) is 6.92 Å². The largest absolute Gasteiger partial charge is 0.494 e. The Hall–Kier alpha value is -4.15. The molecule has 3 amide bonds. The number of hydrogen-bond donors (Lipinski definition) is 1. The van der Waals surface area contributed by atoms with Gasteiger partial charge in [0.2, 0.25) is 5.91 Å². The number of amides is 3. The van der Waals surface area contributed by atoms with Crippen LogP contribution in [0, 0.1) is 0 Å². The molecule has 0 spiro atoms. The van der Waals surface area contributed by atoms with Gasteiger partial charge >= 0.3 is 0 Å². The minimum Gasteiger partial charge on any atom is -0.494 e. The van der Waals surface area contributed by atoms with Gasteiger partial charge in [0.1, 0.15) is 12.3 Å². The number of methoxy groups -OCH3 is 2. The maximum atomic E-state index is 13.1. The van der Waals surface area contributed by atoms with Crippen molar-refractivity contribution < 1.29 is 28.6 Å². The van der Waals surface area contributed by atoms with Crippen LogP contribution >= 0.6 is 0 Å². The summed E-state index contributed by atoms with van der Waals surface area (Å²) in [6.07, 6.45) is 0. The number of imide groups is 1. The lowest BCUT2D eigenvalue weighted by molar-refractivity contribution is -0.123. The first kappa shape index (κ1) is 22.1. The molecule has 0 aliphatic carbocycles. The maximum absolute atomic E-state index is 13.1. The molecule has 1 fully saturated rings. The first-order valence-electron chi connectivity index (χ1n) is 10.3. The van der Waals surface area contributed by atoms with E-state index in [4.69, 9.17) is 14.2 Å². The smallest absolute Gasteiger partial charge is 0.263 e. The van der Waals surface area contributed by atoms with E-state index >= 15 is 0 Å². The summed E-state index contributed by atoms with van der Waals surface area (Å²) >= 11 is 0. The van der Waals surface area contributed by atoms with Gasteiger partial charge < -0.3 is 19.5 Å². The molecular weight excluding hydrogens is 430 g/mol. The van der Waals surface area contributed by atoms with Crippen molar-refractivity contribution in [2.24, 2.45) is 10.3 Å². The Morgan fingerprint density at radius 3 is 2.42 bits per heavy atom. The quantitative estimate of drug-likeness (QED) is 0.607. The summed E-state index contributed by atoms with van der Waals surface area (Å²) in [5.41, 5.74) is 0.892. The van der Waals surface area contributed by atoms with Crippen LogP contribution in [0.2, 0.25) is 0 Å². The van der Waals surface area contributed by atoms with Gasteiger partial charge in [-0.15, -0.1) is 0 Å². The van der Waals surface area contributed by atoms with Crippen molar-refractivity contribution in [2.75, 3.05) is 37.6 Å². The predicted octanol–water partition coefficient (Wildman–Crippen LogP) is 2.03. The molecule has 33 heavy (non-hydrogen) atoms. The molecule has 2 aromatic carbocycles. The predicted molar refractivity (Wildman–Crippen MR) is 117 cm³/mol. The van der Waals surface area contributed by atoms with Gasteiger partial charge in [-0.25, -0.2) is 4.90 Å². The Bertz CT molecular complexity index is 1100. The second-order valence-electron chi connectivity index (χ2n) is 7.25. The average molecular weight is 453 g/mol. The summed E-state index contributed by atoms with van der Waals surface area (Å²) in [5, 5.41) is 11.8. The summed E-state index contributed by atoms with van der Waals surface area (Å²) in [6, 6.07) is 9.60. The van der Waals surface area contributed by atoms with Crippen LogP contribution in [-0.4, -0.2) is 62.2 Å². The number of fused-ring (bicyclic) bond motifs is 1. The molecule has 11 nitrogen and oxygen atoms in total. The summed E-state index contributed by atoms with van der Waals surface area (Å²) in [6.45, 7) is 2.12. The third-order valence-corrected chi connectivity index (χ3v) is 5.24. The third kappa shape index (κ3) is 4.16. The minimum atomic E-state index is -0.988. The summed E-state index contributed by atoms with van der Waals surface area (Å²) in [5.74, 6) is 0.212. The number of ether oxygens (including phenoxy) is 3. The average Bonchev–Trinajstić information content (AvgIpc) is 3.33. The first-order chi connectivity index (χ1) is 16.0. The zero-order valence-corrected chi connectivity index (χ0v) is 18.3. The minimum absolute atomic E-state index is 0.255. The molecule has 2 aliphatic heterocycles. The van der Waals surface area contributed by atoms with E-state index in [1.165, 1.54) is 19.2 Å². The summed E-state index contributed by atoms with van der Waals surface area (Å²) < 4.78 is 15.8. The summed E-state index contributed by atoms with van der Waals surface area (Å²) in [7, 11) is 3.01. The Labute approximate surface area is 189 Å². The molecular formula is C22H23N5O6. The fourth-order valence-electron chi connectivity index (χ4n) is 3.73. The van der Waals surface area contributed by atoms with Crippen molar-refractivity contribution in [1.82, 2.24) is 5.01 Å². The van der Waals surface area contributed by atoms with E-state index in [2.05, 4.69) is 15.7 Å². The molecule has 0 saturated carbocycles. The SMILES string of the molecule is CCOc1ccc(N2C(=O)C3N=NN(CC(=O)Nc4ccc(OC)c(OC)c4)C3C2=O)cc1. The molecule has 2 heterocycles. The second kappa shape index (κ2) is 9.15. The lowest BCUT2D eigenvalue weighted by Crippen LogP contribution is -2.43. The van der Waals surface area contributed by atoms with E-state index < -0.39 is 29.8 Å². The topological polar surface area (TPSA) is 122 Å². The van der Waals surface area contributed by atoms with Crippen molar-refractivity contribution in [3.05, 3.63) is 42.5 Å². The number of hydrogen-bond acceptors (Lipinski definition) is 9. The van der Waals surface area contributed by atoms with Gasteiger partial charge in [-0.1, -0.05) is 5.22 Å². The fraction of sp³-hybridized carbons (Fsp3) is 0.318. The molecule has 1 saturated heterocycles. The van der Waals surface area contributed by atoms with Crippen LogP contribution in [0.15, 0.2) is 52.8 Å².